The molecule has 1 fully saturated rings. The van der Waals surface area contributed by atoms with Crippen LogP contribution in [0.25, 0.3) is 0 Å². The molecule has 0 unspecified atom stereocenters. The molecule has 1 aromatic heterocycles. The van der Waals surface area contributed by atoms with Crippen molar-refractivity contribution in [3.63, 3.8) is 0 Å². The molecule has 0 atom stereocenters. The number of aromatic nitrogens is 2. The van der Waals surface area contributed by atoms with Crippen molar-refractivity contribution in [3.8, 4) is 0 Å². The first-order chi connectivity index (χ1) is 12.5. The summed E-state index contributed by atoms with van der Waals surface area (Å²) in [5.74, 6) is 0. The monoisotopic (exact) mass is 378 g/mol. The molecule has 0 amide bonds. The fourth-order valence-electron chi connectivity index (χ4n) is 3.03. The van der Waals surface area contributed by atoms with Crippen LogP contribution < -0.4 is 4.72 Å². The number of aryl methyl sites for hydroxylation is 1. The van der Waals surface area contributed by atoms with Gasteiger partial charge < -0.3 is 4.74 Å². The zero-order valence-electron chi connectivity index (χ0n) is 15.1. The molecular weight excluding hydrogens is 352 g/mol. The van der Waals surface area contributed by atoms with Gasteiger partial charge in [-0.25, -0.2) is 13.1 Å². The second-order valence-corrected chi connectivity index (χ2v) is 8.20. The zero-order valence-corrected chi connectivity index (χ0v) is 15.9. The van der Waals surface area contributed by atoms with Crippen molar-refractivity contribution in [2.24, 2.45) is 0 Å². The lowest BCUT2D eigenvalue weighted by Gasteiger charge is -2.26. The van der Waals surface area contributed by atoms with Crippen molar-refractivity contribution >= 4 is 10.0 Å². The van der Waals surface area contributed by atoms with Gasteiger partial charge in [0.2, 0.25) is 10.0 Å². The summed E-state index contributed by atoms with van der Waals surface area (Å²) in [4.78, 5) is 2.54. The van der Waals surface area contributed by atoms with E-state index in [1.165, 1.54) is 0 Å². The summed E-state index contributed by atoms with van der Waals surface area (Å²) >= 11 is 0. The number of sulfonamides is 1. The number of hydrogen-bond acceptors (Lipinski definition) is 5. The Kier molecular flexibility index (Phi) is 6.42. The fraction of sp³-hybridized carbons (Fsp3) is 0.500. The third-order valence-corrected chi connectivity index (χ3v) is 5.99. The molecule has 0 radical (unpaired) electrons. The molecule has 1 saturated heterocycles. The van der Waals surface area contributed by atoms with E-state index < -0.39 is 10.0 Å². The number of ether oxygens (including phenoxy) is 1. The molecule has 1 aliphatic heterocycles. The molecule has 7 nitrogen and oxygen atoms in total. The third kappa shape index (κ3) is 5.14. The van der Waals surface area contributed by atoms with E-state index in [1.807, 2.05) is 30.3 Å². The van der Waals surface area contributed by atoms with Gasteiger partial charge in [-0.2, -0.15) is 5.10 Å². The summed E-state index contributed by atoms with van der Waals surface area (Å²) in [5.41, 5.74) is 1.60. The summed E-state index contributed by atoms with van der Waals surface area (Å²) in [6.07, 6.45) is 2.38. The van der Waals surface area contributed by atoms with Crippen molar-refractivity contribution in [2.75, 3.05) is 39.4 Å². The Balaban J connectivity index is 1.54. The second-order valence-electron chi connectivity index (χ2n) is 6.47. The van der Waals surface area contributed by atoms with E-state index in [9.17, 15) is 8.42 Å². The number of hydrogen-bond donors (Lipinski definition) is 1. The minimum Gasteiger partial charge on any atom is -0.379 e. The van der Waals surface area contributed by atoms with Crippen molar-refractivity contribution < 1.29 is 13.2 Å². The molecular formula is C18H26N4O3S. The Morgan fingerprint density at radius 1 is 1.19 bits per heavy atom. The molecule has 26 heavy (non-hydrogen) atoms. The van der Waals surface area contributed by atoms with E-state index in [4.69, 9.17) is 4.74 Å². The van der Waals surface area contributed by atoms with E-state index >= 15 is 0 Å². The maximum absolute atomic E-state index is 12.6. The molecule has 2 heterocycles. The molecule has 2 aromatic rings. The Morgan fingerprint density at radius 3 is 2.65 bits per heavy atom. The molecule has 0 aliphatic carbocycles. The molecule has 1 aromatic carbocycles. The molecule has 1 N–H and O–H groups in total. The van der Waals surface area contributed by atoms with Gasteiger partial charge in [-0.05, 0) is 25.5 Å². The highest BCUT2D eigenvalue weighted by atomic mass is 32.2. The van der Waals surface area contributed by atoms with Gasteiger partial charge in [0, 0.05) is 25.8 Å². The normalized spacial score (nSPS) is 16.0. The summed E-state index contributed by atoms with van der Waals surface area (Å²) in [6, 6.07) is 9.86. The SMILES string of the molecule is Cc1nn(Cc2ccccc2)cc1S(=O)(=O)NCCCN1CCOCC1. The summed E-state index contributed by atoms with van der Waals surface area (Å²) in [6.45, 7) is 6.91. The molecule has 1 aliphatic rings. The average molecular weight is 378 g/mol. The maximum Gasteiger partial charge on any atom is 0.243 e. The van der Waals surface area contributed by atoms with Gasteiger partial charge in [0.1, 0.15) is 4.90 Å². The van der Waals surface area contributed by atoms with Crippen LogP contribution in [0.1, 0.15) is 17.7 Å². The maximum atomic E-state index is 12.6. The lowest BCUT2D eigenvalue weighted by Crippen LogP contribution is -2.38. The minimum atomic E-state index is -3.54. The molecule has 0 bridgehead atoms. The van der Waals surface area contributed by atoms with Gasteiger partial charge in [-0.15, -0.1) is 0 Å². The molecule has 0 spiro atoms. The van der Waals surface area contributed by atoms with E-state index in [-0.39, 0.29) is 4.90 Å². The van der Waals surface area contributed by atoms with Gasteiger partial charge in [-0.1, -0.05) is 30.3 Å². The van der Waals surface area contributed by atoms with Crippen LogP contribution >= 0.6 is 0 Å². The second kappa shape index (κ2) is 8.77. The largest absolute Gasteiger partial charge is 0.379 e. The van der Waals surface area contributed by atoms with Crippen molar-refractivity contribution in [2.45, 2.75) is 24.8 Å². The van der Waals surface area contributed by atoms with Crippen LogP contribution in [0.15, 0.2) is 41.4 Å². The standard InChI is InChI=1S/C18H26N4O3S/c1-16-18(15-22(20-16)14-17-6-3-2-4-7-17)26(23,24)19-8-5-9-21-10-12-25-13-11-21/h2-4,6-7,15,19H,5,8-14H2,1H3. The number of rotatable bonds is 8. The van der Waals surface area contributed by atoms with Crippen molar-refractivity contribution in [1.29, 1.82) is 0 Å². The summed E-state index contributed by atoms with van der Waals surface area (Å²) in [5, 5.41) is 4.35. The molecule has 142 valence electrons. The smallest absolute Gasteiger partial charge is 0.243 e. The Bertz CT molecular complexity index is 799. The molecule has 0 saturated carbocycles. The topological polar surface area (TPSA) is 76.5 Å². The van der Waals surface area contributed by atoms with Crippen LogP contribution in [0, 0.1) is 6.92 Å². The van der Waals surface area contributed by atoms with Crippen LogP contribution in [-0.2, 0) is 21.3 Å². The van der Waals surface area contributed by atoms with Gasteiger partial charge in [0.15, 0.2) is 0 Å². The highest BCUT2D eigenvalue weighted by molar-refractivity contribution is 7.89. The predicted molar refractivity (Wildman–Crippen MR) is 99.6 cm³/mol. The minimum absolute atomic E-state index is 0.250. The summed E-state index contributed by atoms with van der Waals surface area (Å²) in [7, 11) is -3.54. The Morgan fingerprint density at radius 2 is 1.92 bits per heavy atom. The highest BCUT2D eigenvalue weighted by Crippen LogP contribution is 2.14. The quantitative estimate of drug-likeness (QED) is 0.700. The zero-order chi connectivity index (χ0) is 18.4. The van der Waals surface area contributed by atoms with Gasteiger partial charge >= 0.3 is 0 Å². The average Bonchev–Trinajstić information content (AvgIpc) is 3.02. The van der Waals surface area contributed by atoms with Gasteiger partial charge in [-0.3, -0.25) is 9.58 Å². The van der Waals surface area contributed by atoms with Gasteiger partial charge in [0.05, 0.1) is 25.5 Å². The lowest BCUT2D eigenvalue weighted by molar-refractivity contribution is 0.0376. The predicted octanol–water partition coefficient (Wildman–Crippen LogP) is 1.24. The van der Waals surface area contributed by atoms with Crippen LogP contribution in [0.4, 0.5) is 0 Å². The molecule has 8 heteroatoms. The van der Waals surface area contributed by atoms with Crippen molar-refractivity contribution in [1.82, 2.24) is 19.4 Å². The van der Waals surface area contributed by atoms with Gasteiger partial charge in [0.25, 0.3) is 0 Å². The first kappa shape index (κ1) is 19.0. The molecule has 3 rings (SSSR count). The highest BCUT2D eigenvalue weighted by Gasteiger charge is 2.20. The van der Waals surface area contributed by atoms with E-state index in [1.54, 1.807) is 17.8 Å². The first-order valence-electron chi connectivity index (χ1n) is 8.92. The van der Waals surface area contributed by atoms with E-state index in [0.29, 0.717) is 18.8 Å². The number of morpholine rings is 1. The van der Waals surface area contributed by atoms with E-state index in [0.717, 1.165) is 44.8 Å². The Hall–Kier alpha value is -1.74. The number of nitrogens with one attached hydrogen (secondary N) is 1. The van der Waals surface area contributed by atoms with Crippen LogP contribution in [-0.4, -0.2) is 62.5 Å². The van der Waals surface area contributed by atoms with E-state index in [2.05, 4.69) is 14.7 Å². The fourth-order valence-corrected chi connectivity index (χ4v) is 4.29. The number of nitrogens with zero attached hydrogens (tertiary/aromatic N) is 3. The number of benzene rings is 1. The van der Waals surface area contributed by atoms with Crippen LogP contribution in [0.3, 0.4) is 0 Å². The Labute approximate surface area is 155 Å². The lowest BCUT2D eigenvalue weighted by atomic mass is 10.2. The van der Waals surface area contributed by atoms with Crippen LogP contribution in [0.2, 0.25) is 0 Å². The van der Waals surface area contributed by atoms with Crippen LogP contribution in [0.5, 0.6) is 0 Å². The first-order valence-corrected chi connectivity index (χ1v) is 10.4. The van der Waals surface area contributed by atoms with Crippen molar-refractivity contribution in [3.05, 3.63) is 47.8 Å². The summed E-state index contributed by atoms with van der Waals surface area (Å²) < 4.78 is 34.8. The third-order valence-electron chi connectivity index (χ3n) is 4.43.